The van der Waals surface area contributed by atoms with Gasteiger partial charge in [-0.1, -0.05) is 59.0 Å². The Morgan fingerprint density at radius 3 is 2.89 bits per heavy atom. The zero-order chi connectivity index (χ0) is 19.7. The summed E-state index contributed by atoms with van der Waals surface area (Å²) < 4.78 is 0.778. The molecule has 1 aromatic heterocycles. The highest BCUT2D eigenvalue weighted by molar-refractivity contribution is 8.01. The summed E-state index contributed by atoms with van der Waals surface area (Å²) in [6.07, 6.45) is 3.89. The number of anilines is 1. The van der Waals surface area contributed by atoms with E-state index in [4.69, 9.17) is 11.6 Å². The van der Waals surface area contributed by atoms with E-state index in [1.54, 1.807) is 17.0 Å². The molecule has 0 bridgehead atoms. The van der Waals surface area contributed by atoms with Crippen LogP contribution in [0.5, 0.6) is 0 Å². The third kappa shape index (κ3) is 3.54. The van der Waals surface area contributed by atoms with Crippen molar-refractivity contribution in [2.75, 3.05) is 10.7 Å². The molecule has 0 N–H and O–H groups in total. The fourth-order valence-electron chi connectivity index (χ4n) is 3.72. The van der Waals surface area contributed by atoms with E-state index in [0.717, 1.165) is 27.8 Å². The quantitative estimate of drug-likeness (QED) is 0.379. The van der Waals surface area contributed by atoms with Crippen LogP contribution in [0.3, 0.4) is 0 Å². The van der Waals surface area contributed by atoms with Crippen LogP contribution < -0.4 is 4.90 Å². The van der Waals surface area contributed by atoms with Crippen molar-refractivity contribution in [3.05, 3.63) is 58.8 Å². The molecule has 0 radical (unpaired) electrons. The first-order valence-corrected chi connectivity index (χ1v) is 11.2. The number of hydrogen-bond donors (Lipinski definition) is 0. The van der Waals surface area contributed by atoms with Crippen LogP contribution in [0.4, 0.5) is 5.13 Å². The molecule has 5 nitrogen and oxygen atoms in total. The Kier molecular flexibility index (Phi) is 5.66. The molecule has 0 fully saturated rings. The van der Waals surface area contributed by atoms with Crippen molar-refractivity contribution in [3.63, 3.8) is 0 Å². The Hall–Kier alpha value is -1.96. The van der Waals surface area contributed by atoms with E-state index in [-0.39, 0.29) is 24.0 Å². The lowest BCUT2D eigenvalue weighted by molar-refractivity contribution is -0.119. The number of carbonyl (C=O) groups excluding carboxylic acids is 2. The lowest BCUT2D eigenvalue weighted by atomic mass is 9.77. The van der Waals surface area contributed by atoms with E-state index >= 15 is 0 Å². The Labute approximate surface area is 176 Å². The minimum absolute atomic E-state index is 0.0743. The molecular formula is C20H18ClN3O2S2. The van der Waals surface area contributed by atoms with Gasteiger partial charge in [0.25, 0.3) is 0 Å². The van der Waals surface area contributed by atoms with Crippen molar-refractivity contribution in [1.82, 2.24) is 10.2 Å². The second-order valence-corrected chi connectivity index (χ2v) is 9.22. The predicted molar refractivity (Wildman–Crippen MR) is 113 cm³/mol. The zero-order valence-corrected chi connectivity index (χ0v) is 17.4. The maximum atomic E-state index is 13.1. The minimum Gasteiger partial charge on any atom is -0.294 e. The van der Waals surface area contributed by atoms with Crippen LogP contribution in [0.15, 0.2) is 52.5 Å². The fraction of sp³-hybridized carbons (Fsp3) is 0.300. The van der Waals surface area contributed by atoms with Gasteiger partial charge in [0.05, 0.1) is 0 Å². The molecule has 0 spiro atoms. The zero-order valence-electron chi connectivity index (χ0n) is 15.1. The third-order valence-corrected chi connectivity index (χ3v) is 7.25. The summed E-state index contributed by atoms with van der Waals surface area (Å²) in [6.45, 7) is 3.71. The van der Waals surface area contributed by atoms with Gasteiger partial charge in [0, 0.05) is 40.8 Å². The Balaban J connectivity index is 1.78. The van der Waals surface area contributed by atoms with Crippen LogP contribution in [-0.4, -0.2) is 27.6 Å². The van der Waals surface area contributed by atoms with E-state index < -0.39 is 0 Å². The number of rotatable bonds is 5. The van der Waals surface area contributed by atoms with Gasteiger partial charge >= 0.3 is 0 Å². The SMILES string of the molecule is C=CCSc1nnc(N2C(=O)C[C@H](c3ccccc3Cl)C3=C2CCCC3=O)s1. The van der Waals surface area contributed by atoms with Crippen LogP contribution in [-0.2, 0) is 9.59 Å². The van der Waals surface area contributed by atoms with Gasteiger partial charge in [-0.25, -0.2) is 0 Å². The molecule has 28 heavy (non-hydrogen) atoms. The fourth-order valence-corrected chi connectivity index (χ4v) is 5.63. The summed E-state index contributed by atoms with van der Waals surface area (Å²) in [5.74, 6) is 0.441. The van der Waals surface area contributed by atoms with E-state index in [9.17, 15) is 9.59 Å². The van der Waals surface area contributed by atoms with Crippen LogP contribution in [0.25, 0.3) is 0 Å². The van der Waals surface area contributed by atoms with Crippen LogP contribution in [0.2, 0.25) is 5.02 Å². The molecule has 144 valence electrons. The van der Waals surface area contributed by atoms with Crippen LogP contribution in [0, 0.1) is 0 Å². The Morgan fingerprint density at radius 2 is 2.11 bits per heavy atom. The van der Waals surface area contributed by atoms with Gasteiger partial charge in [0.1, 0.15) is 0 Å². The van der Waals surface area contributed by atoms with Crippen molar-refractivity contribution >= 4 is 51.5 Å². The molecule has 1 aromatic carbocycles. The molecule has 1 aliphatic heterocycles. The van der Waals surface area contributed by atoms with E-state index in [1.165, 1.54) is 23.1 Å². The summed E-state index contributed by atoms with van der Waals surface area (Å²) >= 11 is 9.29. The predicted octanol–water partition coefficient (Wildman–Crippen LogP) is 5.00. The number of ketones is 1. The lowest BCUT2D eigenvalue weighted by Crippen LogP contribution is -2.40. The summed E-state index contributed by atoms with van der Waals surface area (Å²) in [6, 6.07) is 7.44. The van der Waals surface area contributed by atoms with E-state index in [2.05, 4.69) is 16.8 Å². The molecule has 1 amide bonds. The summed E-state index contributed by atoms with van der Waals surface area (Å²) in [5, 5.41) is 9.50. The average molecular weight is 432 g/mol. The van der Waals surface area contributed by atoms with Gasteiger partial charge in [-0.05, 0) is 24.5 Å². The molecule has 4 rings (SSSR count). The second kappa shape index (κ2) is 8.19. The smallest absolute Gasteiger partial charge is 0.234 e. The maximum Gasteiger partial charge on any atom is 0.234 e. The topological polar surface area (TPSA) is 63.2 Å². The number of nitrogens with zero attached hydrogens (tertiary/aromatic N) is 3. The third-order valence-electron chi connectivity index (χ3n) is 4.87. The van der Waals surface area contributed by atoms with Gasteiger partial charge < -0.3 is 0 Å². The van der Waals surface area contributed by atoms with Crippen molar-refractivity contribution in [1.29, 1.82) is 0 Å². The first-order chi connectivity index (χ1) is 13.6. The molecule has 2 aromatic rings. The number of thioether (sulfide) groups is 1. The van der Waals surface area contributed by atoms with Gasteiger partial charge in [-0.15, -0.1) is 16.8 Å². The Morgan fingerprint density at radius 1 is 1.29 bits per heavy atom. The highest BCUT2D eigenvalue weighted by Crippen LogP contribution is 2.45. The number of carbonyl (C=O) groups is 2. The van der Waals surface area contributed by atoms with Gasteiger partial charge in [0.2, 0.25) is 11.0 Å². The number of benzene rings is 1. The minimum atomic E-state index is -0.303. The number of amides is 1. The monoisotopic (exact) mass is 431 g/mol. The normalized spacial score (nSPS) is 19.8. The summed E-state index contributed by atoms with van der Waals surface area (Å²) in [4.78, 5) is 27.6. The first kappa shape index (κ1) is 19.4. The standard InChI is InChI=1S/C20H18ClN3O2S2/c1-2-10-27-20-23-22-19(28-20)24-15-8-5-9-16(25)18(15)13(11-17(24)26)12-6-3-4-7-14(12)21/h2-4,6-7,13H,1,5,8-11H2/t13-/m1/s1. The molecule has 0 saturated carbocycles. The van der Waals surface area contributed by atoms with Crippen molar-refractivity contribution in [2.45, 2.75) is 35.9 Å². The van der Waals surface area contributed by atoms with Crippen molar-refractivity contribution < 1.29 is 9.59 Å². The van der Waals surface area contributed by atoms with Gasteiger partial charge in [-0.3, -0.25) is 14.5 Å². The van der Waals surface area contributed by atoms with Gasteiger partial charge in [-0.2, -0.15) is 0 Å². The number of halogens is 1. The highest BCUT2D eigenvalue weighted by atomic mass is 35.5. The lowest BCUT2D eigenvalue weighted by Gasteiger charge is -2.37. The number of Topliss-reactive ketones (excluding diaryl/α,β-unsaturated/α-hetero) is 1. The Bertz CT molecular complexity index is 985. The largest absolute Gasteiger partial charge is 0.294 e. The van der Waals surface area contributed by atoms with Crippen LogP contribution in [0.1, 0.15) is 37.2 Å². The number of hydrogen-bond acceptors (Lipinski definition) is 6. The molecule has 2 heterocycles. The van der Waals surface area contributed by atoms with Crippen molar-refractivity contribution in [2.24, 2.45) is 0 Å². The summed E-state index contributed by atoms with van der Waals surface area (Å²) in [5.41, 5.74) is 2.29. The number of aromatic nitrogens is 2. The first-order valence-electron chi connectivity index (χ1n) is 9.01. The maximum absolute atomic E-state index is 13.1. The molecule has 2 aliphatic rings. The van der Waals surface area contributed by atoms with E-state index in [0.29, 0.717) is 28.6 Å². The van der Waals surface area contributed by atoms with Gasteiger partial charge in [0.15, 0.2) is 10.1 Å². The number of allylic oxidation sites excluding steroid dienone is 2. The molecule has 0 unspecified atom stereocenters. The highest BCUT2D eigenvalue weighted by Gasteiger charge is 2.41. The second-order valence-electron chi connectivity index (χ2n) is 6.59. The summed E-state index contributed by atoms with van der Waals surface area (Å²) in [7, 11) is 0. The average Bonchev–Trinajstić information content (AvgIpc) is 3.14. The molecule has 8 heteroatoms. The van der Waals surface area contributed by atoms with E-state index in [1.807, 2.05) is 18.2 Å². The molecule has 1 aliphatic carbocycles. The molecular weight excluding hydrogens is 414 g/mol. The molecule has 1 atom stereocenters. The van der Waals surface area contributed by atoms with Crippen LogP contribution >= 0.6 is 34.7 Å². The van der Waals surface area contributed by atoms with Crippen molar-refractivity contribution in [3.8, 4) is 0 Å². The molecule has 0 saturated heterocycles.